The summed E-state index contributed by atoms with van der Waals surface area (Å²) in [6.45, 7) is 12.2. The molecule has 0 saturated heterocycles. The molecule has 1 unspecified atom stereocenters. The van der Waals surface area contributed by atoms with E-state index in [0.29, 0.717) is 17.2 Å². The van der Waals surface area contributed by atoms with Crippen LogP contribution in [-0.4, -0.2) is 6.29 Å². The molecule has 0 saturated carbocycles. The standard InChI is InChI=1S/C14H16O4/c1-5-15-11(4)18-12-8-9-13(16-6-2)14(10-12)17-7-3/h5-11H,1-3H2,4H3. The van der Waals surface area contributed by atoms with Crippen molar-refractivity contribution >= 4 is 0 Å². The van der Waals surface area contributed by atoms with Crippen LogP contribution in [0.1, 0.15) is 6.92 Å². The maximum atomic E-state index is 5.49. The number of rotatable bonds is 8. The van der Waals surface area contributed by atoms with Crippen LogP contribution in [0.2, 0.25) is 0 Å². The summed E-state index contributed by atoms with van der Waals surface area (Å²) < 4.78 is 20.9. The lowest BCUT2D eigenvalue weighted by Gasteiger charge is -2.15. The molecular formula is C14H16O4. The van der Waals surface area contributed by atoms with Crippen molar-refractivity contribution in [2.45, 2.75) is 13.2 Å². The summed E-state index contributed by atoms with van der Waals surface area (Å²) >= 11 is 0. The van der Waals surface area contributed by atoms with E-state index < -0.39 is 6.29 Å². The van der Waals surface area contributed by atoms with E-state index in [2.05, 4.69) is 19.7 Å². The largest absolute Gasteiger partial charge is 0.463 e. The fraction of sp³-hybridized carbons (Fsp3) is 0.143. The van der Waals surface area contributed by atoms with Crippen molar-refractivity contribution in [3.05, 3.63) is 56.7 Å². The Bertz CT molecular complexity index is 426. The molecule has 1 aromatic carbocycles. The third-order valence-electron chi connectivity index (χ3n) is 1.93. The zero-order chi connectivity index (χ0) is 13.4. The van der Waals surface area contributed by atoms with Crippen LogP contribution in [-0.2, 0) is 4.74 Å². The Labute approximate surface area is 107 Å². The van der Waals surface area contributed by atoms with Crippen LogP contribution in [0.4, 0.5) is 0 Å². The van der Waals surface area contributed by atoms with Gasteiger partial charge in [0.15, 0.2) is 11.5 Å². The minimum Gasteiger partial charge on any atom is -0.463 e. The summed E-state index contributed by atoms with van der Waals surface area (Å²) in [5, 5.41) is 0. The molecule has 1 rings (SSSR count). The number of hydrogen-bond acceptors (Lipinski definition) is 4. The van der Waals surface area contributed by atoms with Crippen LogP contribution in [0.5, 0.6) is 17.2 Å². The Morgan fingerprint density at radius 2 is 1.67 bits per heavy atom. The molecule has 0 aliphatic rings. The van der Waals surface area contributed by atoms with Crippen molar-refractivity contribution in [3.63, 3.8) is 0 Å². The van der Waals surface area contributed by atoms with Gasteiger partial charge in [-0.15, -0.1) is 0 Å². The summed E-state index contributed by atoms with van der Waals surface area (Å²) in [5.41, 5.74) is 0. The fourth-order valence-corrected chi connectivity index (χ4v) is 1.29. The number of hydrogen-bond donors (Lipinski definition) is 0. The van der Waals surface area contributed by atoms with Crippen LogP contribution in [0, 0.1) is 0 Å². The predicted molar refractivity (Wildman–Crippen MR) is 69.5 cm³/mol. The zero-order valence-electron chi connectivity index (χ0n) is 10.3. The predicted octanol–water partition coefficient (Wildman–Crippen LogP) is 3.62. The van der Waals surface area contributed by atoms with Crippen molar-refractivity contribution in [1.29, 1.82) is 0 Å². The van der Waals surface area contributed by atoms with Gasteiger partial charge in [0.1, 0.15) is 5.75 Å². The van der Waals surface area contributed by atoms with Gasteiger partial charge in [-0.25, -0.2) is 0 Å². The molecule has 4 heteroatoms. The SMILES string of the molecule is C=COc1ccc(OC(C)OC=C)cc1OC=C. The Balaban J connectivity index is 2.87. The Kier molecular flexibility index (Phi) is 5.38. The topological polar surface area (TPSA) is 36.9 Å². The Morgan fingerprint density at radius 3 is 2.28 bits per heavy atom. The Morgan fingerprint density at radius 1 is 1.00 bits per heavy atom. The van der Waals surface area contributed by atoms with Crippen LogP contribution < -0.4 is 14.2 Å². The maximum absolute atomic E-state index is 5.49. The van der Waals surface area contributed by atoms with Crippen LogP contribution in [0.3, 0.4) is 0 Å². The van der Waals surface area contributed by atoms with Crippen LogP contribution in [0.25, 0.3) is 0 Å². The summed E-state index contributed by atoms with van der Waals surface area (Å²) in [6, 6.07) is 5.11. The molecule has 0 bridgehead atoms. The Hall–Kier alpha value is -2.36. The molecule has 0 aliphatic carbocycles. The molecule has 0 aliphatic heterocycles. The highest BCUT2D eigenvalue weighted by Crippen LogP contribution is 2.32. The van der Waals surface area contributed by atoms with E-state index in [9.17, 15) is 0 Å². The number of ether oxygens (including phenoxy) is 4. The van der Waals surface area contributed by atoms with Crippen molar-refractivity contribution in [3.8, 4) is 17.2 Å². The van der Waals surface area contributed by atoms with Crippen LogP contribution in [0.15, 0.2) is 56.7 Å². The summed E-state index contributed by atoms with van der Waals surface area (Å²) in [5.74, 6) is 1.58. The van der Waals surface area contributed by atoms with Gasteiger partial charge in [0, 0.05) is 13.0 Å². The van der Waals surface area contributed by atoms with Gasteiger partial charge < -0.3 is 18.9 Å². The highest BCUT2D eigenvalue weighted by molar-refractivity contribution is 5.46. The average molecular weight is 248 g/mol. The monoisotopic (exact) mass is 248 g/mol. The molecule has 0 heterocycles. The van der Waals surface area contributed by atoms with Gasteiger partial charge >= 0.3 is 0 Å². The molecule has 1 aromatic rings. The van der Waals surface area contributed by atoms with Gasteiger partial charge in [0.05, 0.1) is 18.8 Å². The van der Waals surface area contributed by atoms with E-state index >= 15 is 0 Å². The van der Waals surface area contributed by atoms with E-state index in [0.717, 1.165) is 0 Å². The van der Waals surface area contributed by atoms with Gasteiger partial charge in [-0.2, -0.15) is 0 Å². The fourth-order valence-electron chi connectivity index (χ4n) is 1.29. The molecular weight excluding hydrogens is 232 g/mol. The minimum absolute atomic E-state index is 0.440. The van der Waals surface area contributed by atoms with E-state index in [1.807, 2.05) is 0 Å². The molecule has 0 spiro atoms. The van der Waals surface area contributed by atoms with Crippen molar-refractivity contribution < 1.29 is 18.9 Å². The van der Waals surface area contributed by atoms with Gasteiger partial charge in [-0.1, -0.05) is 19.7 Å². The van der Waals surface area contributed by atoms with Gasteiger partial charge in [-0.3, -0.25) is 0 Å². The van der Waals surface area contributed by atoms with Crippen LogP contribution >= 0.6 is 0 Å². The van der Waals surface area contributed by atoms with Gasteiger partial charge in [-0.05, 0) is 12.1 Å². The molecule has 0 N–H and O–H groups in total. The molecule has 96 valence electrons. The lowest BCUT2D eigenvalue weighted by Crippen LogP contribution is -2.12. The van der Waals surface area contributed by atoms with E-state index in [-0.39, 0.29) is 0 Å². The van der Waals surface area contributed by atoms with Gasteiger partial charge in [0.25, 0.3) is 0 Å². The van der Waals surface area contributed by atoms with E-state index in [1.165, 1.54) is 18.8 Å². The molecule has 0 fully saturated rings. The lowest BCUT2D eigenvalue weighted by molar-refractivity contribution is -0.0133. The molecule has 0 amide bonds. The first-order chi connectivity index (χ1) is 8.71. The third kappa shape index (κ3) is 3.90. The minimum atomic E-state index is -0.440. The molecule has 1 atom stereocenters. The summed E-state index contributed by atoms with van der Waals surface area (Å²) in [4.78, 5) is 0. The van der Waals surface area contributed by atoms with E-state index in [4.69, 9.17) is 18.9 Å². The first-order valence-electron chi connectivity index (χ1n) is 5.33. The zero-order valence-corrected chi connectivity index (χ0v) is 10.3. The summed E-state index contributed by atoms with van der Waals surface area (Å²) in [7, 11) is 0. The highest BCUT2D eigenvalue weighted by atomic mass is 16.7. The first kappa shape index (κ1) is 13.7. The van der Waals surface area contributed by atoms with Crippen molar-refractivity contribution in [2.75, 3.05) is 0 Å². The van der Waals surface area contributed by atoms with Crippen molar-refractivity contribution in [1.82, 2.24) is 0 Å². The summed E-state index contributed by atoms with van der Waals surface area (Å²) in [6.07, 6.45) is 3.50. The van der Waals surface area contributed by atoms with E-state index in [1.54, 1.807) is 25.1 Å². The quantitative estimate of drug-likeness (QED) is 0.520. The molecule has 0 radical (unpaired) electrons. The third-order valence-corrected chi connectivity index (χ3v) is 1.93. The average Bonchev–Trinajstić information content (AvgIpc) is 2.33. The first-order valence-corrected chi connectivity index (χ1v) is 5.33. The van der Waals surface area contributed by atoms with Gasteiger partial charge in [0.2, 0.25) is 6.29 Å². The molecule has 4 nitrogen and oxygen atoms in total. The molecule has 0 aromatic heterocycles. The molecule has 18 heavy (non-hydrogen) atoms. The smallest absolute Gasteiger partial charge is 0.237 e. The second-order valence-electron chi connectivity index (χ2n) is 3.17. The highest BCUT2D eigenvalue weighted by Gasteiger charge is 2.08. The second kappa shape index (κ2) is 7.06. The number of benzene rings is 1. The maximum Gasteiger partial charge on any atom is 0.237 e. The van der Waals surface area contributed by atoms with Crippen molar-refractivity contribution in [2.24, 2.45) is 0 Å². The second-order valence-corrected chi connectivity index (χ2v) is 3.17. The lowest BCUT2D eigenvalue weighted by atomic mass is 10.3. The normalized spacial score (nSPS) is 10.9.